The summed E-state index contributed by atoms with van der Waals surface area (Å²) in [4.78, 5) is 0. The number of hydrogen-bond acceptors (Lipinski definition) is 1. The maximum atomic E-state index is 13.2. The Bertz CT molecular complexity index is 669. The van der Waals surface area contributed by atoms with E-state index < -0.39 is 11.8 Å². The van der Waals surface area contributed by atoms with Gasteiger partial charge in [0.2, 0.25) is 5.60 Å². The largest absolute Gasteiger partial charge is 0.433 e. The van der Waals surface area contributed by atoms with E-state index in [1.165, 1.54) is 24.3 Å². The minimum Gasteiger partial charge on any atom is -0.366 e. The van der Waals surface area contributed by atoms with Crippen LogP contribution in [-0.4, -0.2) is 11.3 Å². The molecule has 0 aliphatic rings. The molecule has 0 heterocycles. The first kappa shape index (κ1) is 15.6. The highest BCUT2D eigenvalue weighted by Gasteiger charge is 2.54. The van der Waals surface area contributed by atoms with E-state index in [9.17, 15) is 18.3 Å². The topological polar surface area (TPSA) is 20.2 Å². The lowest BCUT2D eigenvalue weighted by Crippen LogP contribution is -2.41. The number of alkyl halides is 3. The molecule has 0 radical (unpaired) electrons. The highest BCUT2D eigenvalue weighted by molar-refractivity contribution is 9.10. The SMILES string of the molecule is O[C@@](C#Cc1ccccc1)(c1ccc(Br)cc1)C(F)(F)F. The van der Waals surface area contributed by atoms with Crippen LogP contribution in [0.3, 0.4) is 0 Å². The van der Waals surface area contributed by atoms with Crippen molar-refractivity contribution in [1.29, 1.82) is 0 Å². The third-order valence-corrected chi connectivity index (χ3v) is 3.36. The number of aliphatic hydroxyl groups is 1. The van der Waals surface area contributed by atoms with Crippen LogP contribution < -0.4 is 0 Å². The molecule has 21 heavy (non-hydrogen) atoms. The van der Waals surface area contributed by atoms with E-state index in [1.54, 1.807) is 30.3 Å². The van der Waals surface area contributed by atoms with Gasteiger partial charge in [-0.3, -0.25) is 0 Å². The van der Waals surface area contributed by atoms with Gasteiger partial charge in [0, 0.05) is 15.6 Å². The van der Waals surface area contributed by atoms with Crippen molar-refractivity contribution in [2.45, 2.75) is 11.8 Å². The fourth-order valence-electron chi connectivity index (χ4n) is 1.68. The number of hydrogen-bond donors (Lipinski definition) is 1. The summed E-state index contributed by atoms with van der Waals surface area (Å²) in [5.41, 5.74) is -3.12. The molecular weight excluding hydrogens is 345 g/mol. The van der Waals surface area contributed by atoms with Crippen LogP contribution in [0, 0.1) is 11.8 Å². The van der Waals surface area contributed by atoms with E-state index in [4.69, 9.17) is 0 Å². The zero-order valence-corrected chi connectivity index (χ0v) is 12.2. The van der Waals surface area contributed by atoms with E-state index in [2.05, 4.69) is 21.9 Å². The van der Waals surface area contributed by atoms with E-state index in [1.807, 2.05) is 5.92 Å². The normalized spacial score (nSPS) is 14.0. The Labute approximate surface area is 128 Å². The summed E-state index contributed by atoms with van der Waals surface area (Å²) < 4.78 is 40.3. The van der Waals surface area contributed by atoms with Crippen LogP contribution in [0.15, 0.2) is 59.1 Å². The Kier molecular flexibility index (Phi) is 4.40. The second-order valence-electron chi connectivity index (χ2n) is 4.33. The van der Waals surface area contributed by atoms with Gasteiger partial charge in [0.1, 0.15) is 0 Å². The monoisotopic (exact) mass is 354 g/mol. The summed E-state index contributed by atoms with van der Waals surface area (Å²) in [6.45, 7) is 0. The summed E-state index contributed by atoms with van der Waals surface area (Å²) in [6.07, 6.45) is -4.90. The Morgan fingerprint density at radius 1 is 0.905 bits per heavy atom. The van der Waals surface area contributed by atoms with Crippen LogP contribution in [0.5, 0.6) is 0 Å². The Morgan fingerprint density at radius 3 is 2.00 bits per heavy atom. The fourth-order valence-corrected chi connectivity index (χ4v) is 1.95. The summed E-state index contributed by atoms with van der Waals surface area (Å²) in [6, 6.07) is 13.4. The zero-order chi connectivity index (χ0) is 15.5. The molecule has 0 fully saturated rings. The molecule has 1 nitrogen and oxygen atoms in total. The first-order valence-electron chi connectivity index (χ1n) is 5.96. The standard InChI is InChI=1S/C16H10BrF3O/c17-14-8-6-13(7-9-14)15(21,16(18,19)20)11-10-12-4-2-1-3-5-12/h1-9,21H/t15-/m0/s1. The van der Waals surface area contributed by atoms with Gasteiger partial charge >= 0.3 is 6.18 Å². The van der Waals surface area contributed by atoms with Gasteiger partial charge in [0.15, 0.2) is 0 Å². The molecule has 0 aromatic heterocycles. The maximum Gasteiger partial charge on any atom is 0.433 e. The van der Waals surface area contributed by atoms with Crippen LogP contribution in [0.1, 0.15) is 11.1 Å². The van der Waals surface area contributed by atoms with Gasteiger partial charge in [-0.05, 0) is 30.2 Å². The number of benzene rings is 2. The van der Waals surface area contributed by atoms with Crippen molar-refractivity contribution in [3.63, 3.8) is 0 Å². The van der Waals surface area contributed by atoms with Gasteiger partial charge in [-0.15, -0.1) is 0 Å². The molecule has 0 aliphatic heterocycles. The van der Waals surface area contributed by atoms with Crippen molar-refractivity contribution < 1.29 is 18.3 Å². The second-order valence-corrected chi connectivity index (χ2v) is 5.25. The molecule has 2 aromatic carbocycles. The van der Waals surface area contributed by atoms with Crippen LogP contribution in [0.2, 0.25) is 0 Å². The van der Waals surface area contributed by atoms with Crippen molar-refractivity contribution >= 4 is 15.9 Å². The molecule has 0 saturated carbocycles. The highest BCUT2D eigenvalue weighted by Crippen LogP contribution is 2.38. The van der Waals surface area contributed by atoms with Gasteiger partial charge in [0.05, 0.1) is 0 Å². The van der Waals surface area contributed by atoms with Gasteiger partial charge in [-0.1, -0.05) is 52.2 Å². The van der Waals surface area contributed by atoms with Crippen molar-refractivity contribution in [2.24, 2.45) is 0 Å². The predicted octanol–water partition coefficient (Wildman–Crippen LogP) is 4.25. The van der Waals surface area contributed by atoms with E-state index in [-0.39, 0.29) is 5.56 Å². The van der Waals surface area contributed by atoms with Gasteiger partial charge in [0.25, 0.3) is 0 Å². The maximum absolute atomic E-state index is 13.2. The lowest BCUT2D eigenvalue weighted by molar-refractivity contribution is -0.240. The van der Waals surface area contributed by atoms with Crippen LogP contribution >= 0.6 is 15.9 Å². The van der Waals surface area contributed by atoms with Crippen molar-refractivity contribution in [3.8, 4) is 11.8 Å². The van der Waals surface area contributed by atoms with E-state index in [0.29, 0.717) is 10.0 Å². The molecule has 1 atom stereocenters. The highest BCUT2D eigenvalue weighted by atomic mass is 79.9. The van der Waals surface area contributed by atoms with Gasteiger partial charge < -0.3 is 5.11 Å². The Hall–Kier alpha value is -1.77. The third-order valence-electron chi connectivity index (χ3n) is 2.83. The molecule has 0 bridgehead atoms. The molecule has 2 rings (SSSR count). The molecule has 2 aromatic rings. The summed E-state index contributed by atoms with van der Waals surface area (Å²) >= 11 is 3.14. The van der Waals surface area contributed by atoms with Crippen molar-refractivity contribution in [3.05, 3.63) is 70.2 Å². The average Bonchev–Trinajstić information content (AvgIpc) is 2.45. The molecular formula is C16H10BrF3O. The van der Waals surface area contributed by atoms with Crippen LogP contribution in [0.4, 0.5) is 13.2 Å². The molecule has 1 N–H and O–H groups in total. The molecule has 0 unspecified atom stereocenters. The molecule has 0 amide bonds. The first-order valence-corrected chi connectivity index (χ1v) is 6.75. The Balaban J connectivity index is 2.49. The molecule has 0 aliphatic carbocycles. The second kappa shape index (κ2) is 5.92. The third kappa shape index (κ3) is 3.46. The molecule has 108 valence electrons. The quantitative estimate of drug-likeness (QED) is 0.759. The molecule has 0 saturated heterocycles. The van der Waals surface area contributed by atoms with Crippen molar-refractivity contribution in [1.82, 2.24) is 0 Å². The zero-order valence-electron chi connectivity index (χ0n) is 10.7. The van der Waals surface area contributed by atoms with Crippen LogP contribution in [-0.2, 0) is 5.60 Å². The van der Waals surface area contributed by atoms with Gasteiger partial charge in [-0.25, -0.2) is 0 Å². The minimum absolute atomic E-state index is 0.318. The van der Waals surface area contributed by atoms with E-state index in [0.717, 1.165) is 0 Å². The lowest BCUT2D eigenvalue weighted by Gasteiger charge is -2.25. The summed E-state index contributed by atoms with van der Waals surface area (Å²) in [7, 11) is 0. The Morgan fingerprint density at radius 2 is 1.48 bits per heavy atom. The van der Waals surface area contributed by atoms with E-state index >= 15 is 0 Å². The molecule has 0 spiro atoms. The average molecular weight is 355 g/mol. The minimum atomic E-state index is -4.90. The fraction of sp³-hybridized carbons (Fsp3) is 0.125. The predicted molar refractivity (Wildman–Crippen MR) is 77.4 cm³/mol. The van der Waals surface area contributed by atoms with Crippen LogP contribution in [0.25, 0.3) is 0 Å². The number of rotatable bonds is 1. The van der Waals surface area contributed by atoms with Crippen molar-refractivity contribution in [2.75, 3.05) is 0 Å². The summed E-state index contributed by atoms with van der Waals surface area (Å²) in [5.74, 6) is 4.33. The summed E-state index contributed by atoms with van der Waals surface area (Å²) in [5, 5.41) is 10.1. The molecule has 5 heteroatoms. The smallest absolute Gasteiger partial charge is 0.366 e. The van der Waals surface area contributed by atoms with Gasteiger partial charge in [-0.2, -0.15) is 13.2 Å². The first-order chi connectivity index (χ1) is 9.83. The lowest BCUT2D eigenvalue weighted by atomic mass is 9.93. The number of halogens is 4.